The maximum absolute atomic E-state index is 13.4. The van der Waals surface area contributed by atoms with E-state index in [0.29, 0.717) is 11.3 Å². The van der Waals surface area contributed by atoms with E-state index < -0.39 is 17.7 Å². The Labute approximate surface area is 195 Å². The van der Waals surface area contributed by atoms with Crippen LogP contribution in [0.2, 0.25) is 0 Å². The first kappa shape index (κ1) is 23.0. The van der Waals surface area contributed by atoms with E-state index in [4.69, 9.17) is 4.74 Å². The van der Waals surface area contributed by atoms with Gasteiger partial charge in [0, 0.05) is 18.4 Å². The summed E-state index contributed by atoms with van der Waals surface area (Å²) in [6.07, 6.45) is 8.21. The summed E-state index contributed by atoms with van der Waals surface area (Å²) in [7, 11) is 1.53. The normalized spacial score (nSPS) is 21.5. The number of aliphatic hydroxyl groups excluding tert-OH is 1. The van der Waals surface area contributed by atoms with Crippen LogP contribution >= 0.6 is 0 Å². The number of ether oxygens (including phenoxy) is 1. The van der Waals surface area contributed by atoms with Crippen molar-refractivity contribution in [1.82, 2.24) is 9.88 Å². The standard InChI is InChI=1S/C27H32N2O4/c1-27(2,3)18-10-11-21(33-4)20(16-18)24(30)22-23(17-12-14-28-15-13-17)29(26(32)25(22)31)19-8-6-5-7-9-19/h10-16,19,23,30H,5-9H2,1-4H3/b24-22+. The van der Waals surface area contributed by atoms with E-state index in [0.717, 1.165) is 43.2 Å². The van der Waals surface area contributed by atoms with Crippen molar-refractivity contribution >= 4 is 17.4 Å². The molecule has 2 aromatic rings. The summed E-state index contributed by atoms with van der Waals surface area (Å²) >= 11 is 0. The highest BCUT2D eigenvalue weighted by molar-refractivity contribution is 6.46. The number of methoxy groups -OCH3 is 1. The number of amides is 1. The smallest absolute Gasteiger partial charge is 0.295 e. The number of carbonyl (C=O) groups excluding carboxylic acids is 2. The molecule has 1 amide bonds. The second kappa shape index (κ2) is 9.00. The van der Waals surface area contributed by atoms with Gasteiger partial charge in [0.1, 0.15) is 11.5 Å². The lowest BCUT2D eigenvalue weighted by molar-refractivity contribution is -0.141. The minimum Gasteiger partial charge on any atom is -0.507 e. The van der Waals surface area contributed by atoms with Gasteiger partial charge in [-0.3, -0.25) is 14.6 Å². The number of nitrogens with zero attached hydrogens (tertiary/aromatic N) is 2. The van der Waals surface area contributed by atoms with Crippen LogP contribution in [0.5, 0.6) is 5.75 Å². The van der Waals surface area contributed by atoms with Gasteiger partial charge in [-0.15, -0.1) is 0 Å². The number of benzene rings is 1. The fourth-order valence-corrected chi connectivity index (χ4v) is 4.96. The molecule has 0 spiro atoms. The molecule has 6 nitrogen and oxygen atoms in total. The molecule has 2 heterocycles. The van der Waals surface area contributed by atoms with E-state index in [-0.39, 0.29) is 22.8 Å². The topological polar surface area (TPSA) is 79.7 Å². The Hall–Kier alpha value is -3.15. The number of carbonyl (C=O) groups is 2. The third-order valence-corrected chi connectivity index (χ3v) is 6.79. The lowest BCUT2D eigenvalue weighted by Crippen LogP contribution is -2.40. The molecular weight excluding hydrogens is 416 g/mol. The molecule has 2 fully saturated rings. The number of hydrogen-bond acceptors (Lipinski definition) is 5. The SMILES string of the molecule is COc1ccc(C(C)(C)C)cc1/C(O)=C1\C(=O)C(=O)N(C2CCCCC2)C1c1ccncc1. The molecule has 1 N–H and O–H groups in total. The van der Waals surface area contributed by atoms with E-state index in [9.17, 15) is 14.7 Å². The summed E-state index contributed by atoms with van der Waals surface area (Å²) in [5.74, 6) is -0.937. The Morgan fingerprint density at radius 3 is 2.33 bits per heavy atom. The number of aliphatic hydroxyl groups is 1. The number of rotatable bonds is 4. The first-order chi connectivity index (χ1) is 15.7. The van der Waals surface area contributed by atoms with Crippen LogP contribution in [0.15, 0.2) is 48.3 Å². The van der Waals surface area contributed by atoms with E-state index in [2.05, 4.69) is 25.8 Å². The van der Waals surface area contributed by atoms with Crippen LogP contribution in [-0.2, 0) is 15.0 Å². The van der Waals surface area contributed by atoms with Crippen LogP contribution in [-0.4, -0.2) is 39.8 Å². The van der Waals surface area contributed by atoms with Gasteiger partial charge < -0.3 is 14.7 Å². The Balaban J connectivity index is 1.92. The molecule has 1 saturated heterocycles. The van der Waals surface area contributed by atoms with Gasteiger partial charge >= 0.3 is 0 Å². The number of ketones is 1. The first-order valence-electron chi connectivity index (χ1n) is 11.6. The summed E-state index contributed by atoms with van der Waals surface area (Å²) in [5.41, 5.74) is 2.13. The minimum atomic E-state index is -0.654. The highest BCUT2D eigenvalue weighted by atomic mass is 16.5. The fraction of sp³-hybridized carbons (Fsp3) is 0.444. The largest absolute Gasteiger partial charge is 0.507 e. The third-order valence-electron chi connectivity index (χ3n) is 6.79. The molecule has 4 rings (SSSR count). The predicted molar refractivity (Wildman–Crippen MR) is 127 cm³/mol. The van der Waals surface area contributed by atoms with Gasteiger partial charge in [-0.05, 0) is 53.6 Å². The minimum absolute atomic E-state index is 0.0264. The van der Waals surface area contributed by atoms with Gasteiger partial charge in [-0.1, -0.05) is 46.1 Å². The second-order valence-corrected chi connectivity index (χ2v) is 9.94. The second-order valence-electron chi connectivity index (χ2n) is 9.94. The number of Topliss-reactive ketones (excluding diaryl/α,β-unsaturated/α-hetero) is 1. The Morgan fingerprint density at radius 1 is 1.06 bits per heavy atom. The zero-order valence-corrected chi connectivity index (χ0v) is 19.8. The van der Waals surface area contributed by atoms with Crippen molar-refractivity contribution in [3.63, 3.8) is 0 Å². The van der Waals surface area contributed by atoms with Crippen molar-refractivity contribution < 1.29 is 19.4 Å². The highest BCUT2D eigenvalue weighted by Crippen LogP contribution is 2.44. The zero-order valence-electron chi connectivity index (χ0n) is 19.8. The van der Waals surface area contributed by atoms with Gasteiger partial charge in [-0.25, -0.2) is 0 Å². The summed E-state index contributed by atoms with van der Waals surface area (Å²) in [5, 5.41) is 11.5. The monoisotopic (exact) mass is 448 g/mol. The van der Waals surface area contributed by atoms with Gasteiger partial charge in [0.15, 0.2) is 0 Å². The molecule has 0 bridgehead atoms. The summed E-state index contributed by atoms with van der Waals surface area (Å²) in [4.78, 5) is 32.5. The van der Waals surface area contributed by atoms with Crippen molar-refractivity contribution in [2.24, 2.45) is 0 Å². The average Bonchev–Trinajstić information content (AvgIpc) is 3.09. The molecule has 1 aliphatic carbocycles. The highest BCUT2D eigenvalue weighted by Gasteiger charge is 2.49. The lowest BCUT2D eigenvalue weighted by atomic mass is 9.85. The fourth-order valence-electron chi connectivity index (χ4n) is 4.96. The quantitative estimate of drug-likeness (QED) is 0.398. The molecule has 2 aliphatic rings. The average molecular weight is 449 g/mol. The molecule has 1 unspecified atom stereocenters. The van der Waals surface area contributed by atoms with Crippen LogP contribution in [0.25, 0.3) is 5.76 Å². The molecule has 1 atom stereocenters. The molecule has 1 aromatic carbocycles. The van der Waals surface area contributed by atoms with E-state index in [1.165, 1.54) is 7.11 Å². The zero-order chi connectivity index (χ0) is 23.8. The van der Waals surface area contributed by atoms with Gasteiger partial charge in [0.05, 0.1) is 24.3 Å². The molecule has 1 saturated carbocycles. The summed E-state index contributed by atoms with van der Waals surface area (Å²) in [6, 6.07) is 8.54. The van der Waals surface area contributed by atoms with Crippen molar-refractivity contribution in [1.29, 1.82) is 0 Å². The van der Waals surface area contributed by atoms with E-state index in [1.807, 2.05) is 24.3 Å². The van der Waals surface area contributed by atoms with Crippen LogP contribution in [0, 0.1) is 0 Å². The number of hydrogen-bond donors (Lipinski definition) is 1. The van der Waals surface area contributed by atoms with Gasteiger partial charge in [0.2, 0.25) is 0 Å². The lowest BCUT2D eigenvalue weighted by Gasteiger charge is -2.35. The molecule has 1 aromatic heterocycles. The Kier molecular flexibility index (Phi) is 6.28. The van der Waals surface area contributed by atoms with Crippen LogP contribution in [0.3, 0.4) is 0 Å². The van der Waals surface area contributed by atoms with Crippen LogP contribution in [0.4, 0.5) is 0 Å². The molecule has 0 radical (unpaired) electrons. The van der Waals surface area contributed by atoms with Crippen LogP contribution < -0.4 is 4.74 Å². The number of pyridine rings is 1. The molecule has 174 valence electrons. The van der Waals surface area contributed by atoms with Crippen molar-refractivity contribution in [3.05, 3.63) is 65.0 Å². The van der Waals surface area contributed by atoms with Crippen molar-refractivity contribution in [3.8, 4) is 5.75 Å². The third kappa shape index (κ3) is 4.26. The predicted octanol–water partition coefficient (Wildman–Crippen LogP) is 5.14. The molecule has 6 heteroatoms. The maximum Gasteiger partial charge on any atom is 0.295 e. The number of aromatic nitrogens is 1. The maximum atomic E-state index is 13.4. The van der Waals surface area contributed by atoms with Gasteiger partial charge in [0.25, 0.3) is 11.7 Å². The van der Waals surface area contributed by atoms with E-state index in [1.54, 1.807) is 23.4 Å². The Bertz CT molecular complexity index is 1080. The van der Waals surface area contributed by atoms with Crippen molar-refractivity contribution in [2.45, 2.75) is 70.4 Å². The Morgan fingerprint density at radius 2 is 1.73 bits per heavy atom. The van der Waals surface area contributed by atoms with E-state index >= 15 is 0 Å². The summed E-state index contributed by atoms with van der Waals surface area (Å²) in [6.45, 7) is 6.24. The van der Waals surface area contributed by atoms with Crippen LogP contribution in [0.1, 0.15) is 75.6 Å². The summed E-state index contributed by atoms with van der Waals surface area (Å²) < 4.78 is 5.53. The molecular formula is C27H32N2O4. The van der Waals surface area contributed by atoms with Gasteiger partial charge in [-0.2, -0.15) is 0 Å². The van der Waals surface area contributed by atoms with Crippen molar-refractivity contribution in [2.75, 3.05) is 7.11 Å². The molecule has 1 aliphatic heterocycles. The first-order valence-corrected chi connectivity index (χ1v) is 11.6. The number of likely N-dealkylation sites (tertiary alicyclic amines) is 1. The molecule has 33 heavy (non-hydrogen) atoms.